The Morgan fingerprint density at radius 1 is 1.21 bits per heavy atom. The van der Waals surface area contributed by atoms with Crippen LogP contribution in [-0.4, -0.2) is 29.1 Å². The molecule has 128 valence electrons. The minimum Gasteiger partial charge on any atom is -0.489 e. The molecule has 2 atom stereocenters. The average Bonchev–Trinajstić information content (AvgIpc) is 2.53. The van der Waals surface area contributed by atoms with Crippen LogP contribution in [0.15, 0.2) is 53.4 Å². The summed E-state index contributed by atoms with van der Waals surface area (Å²) in [6.07, 6.45) is 1.44. The number of amides is 2. The van der Waals surface area contributed by atoms with Crippen molar-refractivity contribution in [3.63, 3.8) is 0 Å². The van der Waals surface area contributed by atoms with Crippen LogP contribution in [0.4, 0.5) is 10.5 Å². The largest absolute Gasteiger partial charge is 0.489 e. The standard InChI is InChI=1S/C18H22N2O3S/c1-13-6-4-8-16(10-13)23-14(2)12-19-18(21)20-15-7-5-9-17(11-15)24(3)22/h4-11,14H,12H2,1-3H3,(H2,19,20,21)/t14-,24-/m0/s1. The number of benzene rings is 2. The Bertz CT molecular complexity index is 734. The van der Waals surface area contributed by atoms with Gasteiger partial charge >= 0.3 is 6.03 Å². The molecule has 5 nitrogen and oxygen atoms in total. The highest BCUT2D eigenvalue weighted by molar-refractivity contribution is 7.84. The van der Waals surface area contributed by atoms with E-state index in [4.69, 9.17) is 4.74 Å². The van der Waals surface area contributed by atoms with Crippen molar-refractivity contribution in [2.45, 2.75) is 24.8 Å². The Labute approximate surface area is 144 Å². The van der Waals surface area contributed by atoms with Crippen molar-refractivity contribution in [2.24, 2.45) is 0 Å². The summed E-state index contributed by atoms with van der Waals surface area (Å²) in [5, 5.41) is 5.49. The number of carbonyl (C=O) groups is 1. The van der Waals surface area contributed by atoms with Crippen LogP contribution >= 0.6 is 0 Å². The Hall–Kier alpha value is -2.34. The van der Waals surface area contributed by atoms with Crippen LogP contribution < -0.4 is 15.4 Å². The van der Waals surface area contributed by atoms with Gasteiger partial charge in [-0.3, -0.25) is 4.21 Å². The number of nitrogens with one attached hydrogen (secondary N) is 2. The highest BCUT2D eigenvalue weighted by atomic mass is 32.2. The minimum absolute atomic E-state index is 0.160. The van der Waals surface area contributed by atoms with E-state index >= 15 is 0 Å². The lowest BCUT2D eigenvalue weighted by Crippen LogP contribution is -2.36. The summed E-state index contributed by atoms with van der Waals surface area (Å²) in [6, 6.07) is 14.4. The summed E-state index contributed by atoms with van der Waals surface area (Å²) in [7, 11) is -1.08. The first-order chi connectivity index (χ1) is 11.4. The highest BCUT2D eigenvalue weighted by Crippen LogP contribution is 2.14. The maximum absolute atomic E-state index is 12.0. The zero-order chi connectivity index (χ0) is 17.5. The van der Waals surface area contributed by atoms with Crippen LogP contribution in [0.5, 0.6) is 5.75 Å². The summed E-state index contributed by atoms with van der Waals surface area (Å²) in [6.45, 7) is 4.27. The first-order valence-corrected chi connectivity index (χ1v) is 9.21. The van der Waals surface area contributed by atoms with Gasteiger partial charge in [-0.05, 0) is 49.7 Å². The third-order valence-corrected chi connectivity index (χ3v) is 4.22. The van der Waals surface area contributed by atoms with E-state index in [0.29, 0.717) is 17.1 Å². The molecule has 0 saturated heterocycles. The van der Waals surface area contributed by atoms with Gasteiger partial charge in [-0.1, -0.05) is 18.2 Å². The molecule has 0 spiro atoms. The second-order valence-electron chi connectivity index (χ2n) is 5.56. The van der Waals surface area contributed by atoms with E-state index in [1.807, 2.05) is 38.1 Å². The lowest BCUT2D eigenvalue weighted by molar-refractivity contribution is 0.212. The monoisotopic (exact) mass is 346 g/mol. The maximum Gasteiger partial charge on any atom is 0.319 e. The number of ether oxygens (including phenoxy) is 1. The third-order valence-electron chi connectivity index (χ3n) is 3.30. The van der Waals surface area contributed by atoms with Crippen LogP contribution in [0.25, 0.3) is 0 Å². The predicted octanol–water partition coefficient (Wildman–Crippen LogP) is 3.32. The molecule has 0 aromatic heterocycles. The van der Waals surface area contributed by atoms with Crippen LogP contribution in [-0.2, 0) is 10.8 Å². The van der Waals surface area contributed by atoms with Gasteiger partial charge in [0.15, 0.2) is 0 Å². The number of hydrogen-bond acceptors (Lipinski definition) is 3. The Morgan fingerprint density at radius 2 is 1.96 bits per heavy atom. The molecule has 2 rings (SSSR count). The van der Waals surface area contributed by atoms with Crippen molar-refractivity contribution in [3.05, 3.63) is 54.1 Å². The predicted molar refractivity (Wildman–Crippen MR) is 97.1 cm³/mol. The maximum atomic E-state index is 12.0. The number of urea groups is 1. The molecule has 0 heterocycles. The van der Waals surface area contributed by atoms with Gasteiger partial charge in [0, 0.05) is 27.6 Å². The van der Waals surface area contributed by atoms with Gasteiger partial charge in [-0.2, -0.15) is 0 Å². The van der Waals surface area contributed by atoms with E-state index in [1.54, 1.807) is 30.5 Å². The van der Waals surface area contributed by atoms with E-state index in [0.717, 1.165) is 11.3 Å². The molecule has 0 bridgehead atoms. The van der Waals surface area contributed by atoms with Crippen molar-refractivity contribution in [1.82, 2.24) is 5.32 Å². The van der Waals surface area contributed by atoms with Crippen molar-refractivity contribution in [3.8, 4) is 5.75 Å². The molecule has 24 heavy (non-hydrogen) atoms. The molecule has 2 N–H and O–H groups in total. The van der Waals surface area contributed by atoms with Gasteiger partial charge in [0.2, 0.25) is 0 Å². The molecular formula is C18H22N2O3S. The zero-order valence-corrected chi connectivity index (χ0v) is 14.9. The van der Waals surface area contributed by atoms with Gasteiger partial charge in [0.05, 0.1) is 6.54 Å². The first kappa shape index (κ1) is 18.0. The Morgan fingerprint density at radius 3 is 2.67 bits per heavy atom. The van der Waals surface area contributed by atoms with Gasteiger partial charge in [0.1, 0.15) is 11.9 Å². The molecule has 2 aromatic rings. The van der Waals surface area contributed by atoms with Crippen LogP contribution in [0.2, 0.25) is 0 Å². The number of rotatable bonds is 6. The lowest BCUT2D eigenvalue weighted by atomic mass is 10.2. The smallest absolute Gasteiger partial charge is 0.319 e. The summed E-state index contributed by atoms with van der Waals surface area (Å²) in [5.74, 6) is 0.780. The molecule has 0 aliphatic carbocycles. The molecule has 2 aromatic carbocycles. The SMILES string of the molecule is Cc1cccc(O[C@@H](C)CNC(=O)Nc2cccc([S@](C)=O)c2)c1. The second-order valence-corrected chi connectivity index (χ2v) is 6.94. The Balaban J connectivity index is 1.82. The van der Waals surface area contributed by atoms with Crippen LogP contribution in [0.1, 0.15) is 12.5 Å². The summed E-state index contributed by atoms with van der Waals surface area (Å²) >= 11 is 0. The molecule has 0 aliphatic rings. The molecule has 0 fully saturated rings. The normalized spacial score (nSPS) is 13.0. The molecule has 2 amide bonds. The van der Waals surface area contributed by atoms with Crippen LogP contribution in [0.3, 0.4) is 0 Å². The van der Waals surface area contributed by atoms with E-state index in [-0.39, 0.29) is 12.1 Å². The molecule has 0 unspecified atom stereocenters. The Kier molecular flexibility index (Phi) is 6.37. The molecule has 0 aliphatic heterocycles. The van der Waals surface area contributed by atoms with Crippen molar-refractivity contribution < 1.29 is 13.7 Å². The topological polar surface area (TPSA) is 67.4 Å². The van der Waals surface area contributed by atoms with E-state index in [2.05, 4.69) is 10.6 Å². The number of aryl methyl sites for hydroxylation is 1. The molecule has 0 radical (unpaired) electrons. The second kappa shape index (κ2) is 8.49. The fourth-order valence-corrected chi connectivity index (χ4v) is 2.69. The average molecular weight is 346 g/mol. The summed E-state index contributed by atoms with van der Waals surface area (Å²) in [5.41, 5.74) is 1.73. The van der Waals surface area contributed by atoms with E-state index in [1.165, 1.54) is 0 Å². The highest BCUT2D eigenvalue weighted by Gasteiger charge is 2.08. The fraction of sp³-hybridized carbons (Fsp3) is 0.278. The third kappa shape index (κ3) is 5.70. The van der Waals surface area contributed by atoms with Gasteiger partial charge in [-0.15, -0.1) is 0 Å². The fourth-order valence-electron chi connectivity index (χ4n) is 2.13. The molecule has 6 heteroatoms. The number of carbonyl (C=O) groups excluding carboxylic acids is 1. The lowest BCUT2D eigenvalue weighted by Gasteiger charge is -2.16. The van der Waals surface area contributed by atoms with Gasteiger partial charge in [-0.25, -0.2) is 4.79 Å². The summed E-state index contributed by atoms with van der Waals surface area (Å²) < 4.78 is 17.2. The molecular weight excluding hydrogens is 324 g/mol. The van der Waals surface area contributed by atoms with Crippen molar-refractivity contribution in [2.75, 3.05) is 18.1 Å². The van der Waals surface area contributed by atoms with Gasteiger partial charge in [0.25, 0.3) is 0 Å². The number of anilines is 1. The van der Waals surface area contributed by atoms with Crippen LogP contribution in [0, 0.1) is 6.92 Å². The van der Waals surface area contributed by atoms with Crippen molar-refractivity contribution in [1.29, 1.82) is 0 Å². The number of hydrogen-bond donors (Lipinski definition) is 2. The zero-order valence-electron chi connectivity index (χ0n) is 14.0. The minimum atomic E-state index is -1.08. The first-order valence-electron chi connectivity index (χ1n) is 7.65. The van der Waals surface area contributed by atoms with Gasteiger partial charge < -0.3 is 15.4 Å². The van der Waals surface area contributed by atoms with E-state index < -0.39 is 10.8 Å². The molecule has 0 saturated carbocycles. The van der Waals surface area contributed by atoms with Crippen molar-refractivity contribution >= 4 is 22.5 Å². The van der Waals surface area contributed by atoms with E-state index in [9.17, 15) is 9.00 Å². The quantitative estimate of drug-likeness (QED) is 0.843. The summed E-state index contributed by atoms with van der Waals surface area (Å²) in [4.78, 5) is 12.6.